The van der Waals surface area contributed by atoms with Crippen molar-refractivity contribution in [3.8, 4) is 0 Å². The Kier molecular flexibility index (Phi) is 2.15. The van der Waals surface area contributed by atoms with Gasteiger partial charge in [-0.1, -0.05) is 20.8 Å². The fraction of sp³-hybridized carbons (Fsp3) is 0.818. The normalized spacial score (nSPS) is 20.1. The average Bonchev–Trinajstić information content (AvgIpc) is 2.42. The summed E-state index contributed by atoms with van der Waals surface area (Å²) in [4.78, 5) is 4.60. The molecule has 0 aromatic carbocycles. The average molecular weight is 208 g/mol. The van der Waals surface area contributed by atoms with Gasteiger partial charge in [0, 0.05) is 12.5 Å². The third-order valence-electron chi connectivity index (χ3n) is 3.12. The van der Waals surface area contributed by atoms with Crippen molar-refractivity contribution in [3.63, 3.8) is 0 Å². The van der Waals surface area contributed by atoms with E-state index in [0.717, 1.165) is 24.5 Å². The van der Waals surface area contributed by atoms with Crippen LogP contribution < -0.4 is 5.73 Å². The van der Waals surface area contributed by atoms with E-state index in [1.54, 1.807) is 0 Å². The Morgan fingerprint density at radius 3 is 2.27 bits per heavy atom. The molecule has 1 aliphatic rings. The minimum Gasteiger partial charge on any atom is -0.319 e. The molecule has 0 unspecified atom stereocenters. The van der Waals surface area contributed by atoms with E-state index >= 15 is 0 Å². The predicted octanol–water partition coefficient (Wildman–Crippen LogP) is 1.45. The highest BCUT2D eigenvalue weighted by molar-refractivity contribution is 5.14. The molecule has 84 valence electrons. The minimum atomic E-state index is -0.217. The highest BCUT2D eigenvalue weighted by Gasteiger charge is 2.39. The molecule has 1 aromatic heterocycles. The fourth-order valence-corrected chi connectivity index (χ4v) is 1.92. The van der Waals surface area contributed by atoms with Gasteiger partial charge in [-0.15, -0.1) is 0 Å². The lowest BCUT2D eigenvalue weighted by Gasteiger charge is -2.36. The van der Waals surface area contributed by atoms with Crippen LogP contribution in [0.3, 0.4) is 0 Å². The van der Waals surface area contributed by atoms with Crippen LogP contribution in [-0.2, 0) is 18.0 Å². The van der Waals surface area contributed by atoms with Crippen LogP contribution in [-0.4, -0.2) is 14.8 Å². The molecule has 15 heavy (non-hydrogen) atoms. The Labute approximate surface area is 90.9 Å². The van der Waals surface area contributed by atoms with Gasteiger partial charge in [0.15, 0.2) is 5.82 Å². The highest BCUT2D eigenvalue weighted by Crippen LogP contribution is 2.38. The predicted molar refractivity (Wildman–Crippen MR) is 59.4 cm³/mol. The first-order chi connectivity index (χ1) is 6.83. The standard InChI is InChI=1S/C11H20N4/c1-10(2,3)8-13-9(15(4)14-8)11(12)6-5-7-11/h5-7,12H2,1-4H3. The second kappa shape index (κ2) is 3.04. The second-order valence-corrected chi connectivity index (χ2v) is 5.64. The summed E-state index contributed by atoms with van der Waals surface area (Å²) < 4.78 is 1.85. The van der Waals surface area contributed by atoms with Crippen molar-refractivity contribution in [1.29, 1.82) is 0 Å². The molecule has 4 heteroatoms. The monoisotopic (exact) mass is 208 g/mol. The zero-order valence-corrected chi connectivity index (χ0v) is 10.0. The summed E-state index contributed by atoms with van der Waals surface area (Å²) >= 11 is 0. The second-order valence-electron chi connectivity index (χ2n) is 5.64. The van der Waals surface area contributed by atoms with E-state index in [-0.39, 0.29) is 11.0 Å². The van der Waals surface area contributed by atoms with E-state index in [2.05, 4.69) is 30.9 Å². The van der Waals surface area contributed by atoms with Crippen LogP contribution in [0.25, 0.3) is 0 Å². The SMILES string of the molecule is Cn1nc(C(C)(C)C)nc1C1(N)CCC1. The molecule has 0 saturated heterocycles. The number of aromatic nitrogens is 3. The molecule has 0 radical (unpaired) electrons. The van der Waals surface area contributed by atoms with Gasteiger partial charge >= 0.3 is 0 Å². The molecular formula is C11H20N4. The van der Waals surface area contributed by atoms with Crippen molar-refractivity contribution in [3.05, 3.63) is 11.6 Å². The van der Waals surface area contributed by atoms with Crippen molar-refractivity contribution in [1.82, 2.24) is 14.8 Å². The number of rotatable bonds is 1. The zero-order valence-electron chi connectivity index (χ0n) is 10.0. The van der Waals surface area contributed by atoms with Gasteiger partial charge in [-0.25, -0.2) is 4.98 Å². The summed E-state index contributed by atoms with van der Waals surface area (Å²) in [6, 6.07) is 0. The highest BCUT2D eigenvalue weighted by atomic mass is 15.4. The Hall–Kier alpha value is -0.900. The fourth-order valence-electron chi connectivity index (χ4n) is 1.92. The molecule has 2 N–H and O–H groups in total. The third kappa shape index (κ3) is 1.67. The lowest BCUT2D eigenvalue weighted by Crippen LogP contribution is -2.45. The van der Waals surface area contributed by atoms with Gasteiger partial charge in [0.2, 0.25) is 0 Å². The smallest absolute Gasteiger partial charge is 0.156 e. The summed E-state index contributed by atoms with van der Waals surface area (Å²) in [5.74, 6) is 1.83. The summed E-state index contributed by atoms with van der Waals surface area (Å²) in [5.41, 5.74) is 6.04. The molecule has 0 bridgehead atoms. The van der Waals surface area contributed by atoms with Gasteiger partial charge in [-0.3, -0.25) is 4.68 Å². The Bertz CT molecular complexity index is 368. The van der Waals surface area contributed by atoms with Gasteiger partial charge in [0.25, 0.3) is 0 Å². The molecule has 0 atom stereocenters. The Morgan fingerprint density at radius 1 is 1.33 bits per heavy atom. The molecule has 0 aliphatic heterocycles. The molecular weight excluding hydrogens is 188 g/mol. The van der Waals surface area contributed by atoms with E-state index in [4.69, 9.17) is 5.73 Å². The molecule has 1 aliphatic carbocycles. The number of hydrogen-bond donors (Lipinski definition) is 1. The first-order valence-corrected chi connectivity index (χ1v) is 5.54. The molecule has 1 aromatic rings. The number of nitrogens with zero attached hydrogens (tertiary/aromatic N) is 3. The van der Waals surface area contributed by atoms with E-state index < -0.39 is 0 Å². The first-order valence-electron chi connectivity index (χ1n) is 5.54. The van der Waals surface area contributed by atoms with Crippen LogP contribution >= 0.6 is 0 Å². The molecule has 0 spiro atoms. The van der Waals surface area contributed by atoms with Crippen molar-refractivity contribution in [2.24, 2.45) is 12.8 Å². The van der Waals surface area contributed by atoms with Crippen LogP contribution in [0.15, 0.2) is 0 Å². The Morgan fingerprint density at radius 2 is 1.93 bits per heavy atom. The van der Waals surface area contributed by atoms with Crippen molar-refractivity contribution in [2.75, 3.05) is 0 Å². The lowest BCUT2D eigenvalue weighted by molar-refractivity contribution is 0.230. The van der Waals surface area contributed by atoms with Gasteiger partial charge in [-0.2, -0.15) is 5.10 Å². The number of nitrogens with two attached hydrogens (primary N) is 1. The van der Waals surface area contributed by atoms with Gasteiger partial charge in [-0.05, 0) is 19.3 Å². The van der Waals surface area contributed by atoms with Crippen LogP contribution in [0.5, 0.6) is 0 Å². The quantitative estimate of drug-likeness (QED) is 0.760. The topological polar surface area (TPSA) is 56.7 Å². The molecule has 1 saturated carbocycles. The molecule has 1 fully saturated rings. The van der Waals surface area contributed by atoms with Crippen molar-refractivity contribution >= 4 is 0 Å². The van der Waals surface area contributed by atoms with Crippen molar-refractivity contribution in [2.45, 2.75) is 51.0 Å². The maximum Gasteiger partial charge on any atom is 0.156 e. The molecule has 0 amide bonds. The molecule has 1 heterocycles. The number of hydrogen-bond acceptors (Lipinski definition) is 3. The maximum absolute atomic E-state index is 6.26. The van der Waals surface area contributed by atoms with Crippen LogP contribution in [0, 0.1) is 0 Å². The zero-order chi connectivity index (χ0) is 11.3. The summed E-state index contributed by atoms with van der Waals surface area (Å²) in [6.07, 6.45) is 3.26. The minimum absolute atomic E-state index is 0.00385. The first kappa shape index (κ1) is 10.6. The van der Waals surface area contributed by atoms with Crippen molar-refractivity contribution < 1.29 is 0 Å². The van der Waals surface area contributed by atoms with E-state index in [0.29, 0.717) is 0 Å². The molecule has 2 rings (SSSR count). The summed E-state index contributed by atoms with van der Waals surface area (Å²) in [6.45, 7) is 6.36. The lowest BCUT2D eigenvalue weighted by atomic mass is 9.77. The summed E-state index contributed by atoms with van der Waals surface area (Å²) in [7, 11) is 1.94. The summed E-state index contributed by atoms with van der Waals surface area (Å²) in [5, 5.41) is 4.46. The third-order valence-corrected chi connectivity index (χ3v) is 3.12. The van der Waals surface area contributed by atoms with E-state index in [1.807, 2.05) is 11.7 Å². The van der Waals surface area contributed by atoms with E-state index in [9.17, 15) is 0 Å². The number of aryl methyl sites for hydroxylation is 1. The van der Waals surface area contributed by atoms with Crippen LogP contribution in [0.2, 0.25) is 0 Å². The maximum atomic E-state index is 6.26. The van der Waals surface area contributed by atoms with Gasteiger partial charge < -0.3 is 5.73 Å². The van der Waals surface area contributed by atoms with Gasteiger partial charge in [0.05, 0.1) is 5.54 Å². The molecule has 4 nitrogen and oxygen atoms in total. The van der Waals surface area contributed by atoms with Crippen LogP contribution in [0.4, 0.5) is 0 Å². The van der Waals surface area contributed by atoms with E-state index in [1.165, 1.54) is 6.42 Å². The van der Waals surface area contributed by atoms with Gasteiger partial charge in [0.1, 0.15) is 5.82 Å². The Balaban J connectivity index is 2.38. The van der Waals surface area contributed by atoms with Crippen LogP contribution in [0.1, 0.15) is 51.7 Å². The largest absolute Gasteiger partial charge is 0.319 e.